The lowest BCUT2D eigenvalue weighted by Crippen LogP contribution is -2.59. The molecule has 2 aliphatic rings. The molecule has 2 bridgehead atoms. The van der Waals surface area contributed by atoms with Crippen LogP contribution in [0.25, 0.3) is 0 Å². The molecule has 1 aromatic heterocycles. The quantitative estimate of drug-likeness (QED) is 0.653. The Kier molecular flexibility index (Phi) is 6.09. The molecular weight excluding hydrogens is 460 g/mol. The number of rotatable bonds is 3. The van der Waals surface area contributed by atoms with E-state index in [-0.39, 0.29) is 24.2 Å². The Morgan fingerprint density at radius 1 is 1.21 bits per heavy atom. The maximum Gasteiger partial charge on any atom is 0.278 e. The van der Waals surface area contributed by atoms with E-state index in [0.29, 0.717) is 12.1 Å². The lowest BCUT2D eigenvalue weighted by Gasteiger charge is -2.46. The smallest absolute Gasteiger partial charge is 0.278 e. The Morgan fingerprint density at radius 3 is 2.55 bits per heavy atom. The normalized spacial score (nSPS) is 20.2. The molecule has 2 amide bonds. The van der Waals surface area contributed by atoms with Gasteiger partial charge in [-0.15, -0.1) is 9.24 Å². The summed E-state index contributed by atoms with van der Waals surface area (Å²) in [5, 5.41) is 14.5. The van der Waals surface area contributed by atoms with Gasteiger partial charge in [-0.25, -0.2) is 13.2 Å². The summed E-state index contributed by atoms with van der Waals surface area (Å²) in [6.45, 7) is 1.43. The molecule has 0 aliphatic carbocycles. The second-order valence-corrected chi connectivity index (χ2v) is 8.92. The number of aromatic hydroxyl groups is 1. The zero-order valence-electron chi connectivity index (χ0n) is 17.6. The molecule has 8 nitrogen and oxygen atoms in total. The lowest BCUT2D eigenvalue weighted by molar-refractivity contribution is 0.0579. The van der Waals surface area contributed by atoms with Crippen LogP contribution in [0.5, 0.6) is 5.75 Å². The highest BCUT2D eigenvalue weighted by molar-refractivity contribution is 7.17. The molecule has 2 aliphatic heterocycles. The summed E-state index contributed by atoms with van der Waals surface area (Å²) in [6.07, 6.45) is 3.52. The summed E-state index contributed by atoms with van der Waals surface area (Å²) in [4.78, 5) is 40.0. The average Bonchev–Trinajstić information content (AvgIpc) is 2.74. The number of fused-ring (bicyclic) bond motifs is 4. The van der Waals surface area contributed by atoms with E-state index in [0.717, 1.165) is 25.5 Å². The topological polar surface area (TPSA) is 94.9 Å². The van der Waals surface area contributed by atoms with E-state index in [9.17, 15) is 32.7 Å². The van der Waals surface area contributed by atoms with Gasteiger partial charge >= 0.3 is 0 Å². The van der Waals surface area contributed by atoms with Crippen molar-refractivity contribution in [2.45, 2.75) is 44.6 Å². The van der Waals surface area contributed by atoms with Gasteiger partial charge in [-0.05, 0) is 26.2 Å². The molecule has 176 valence electrons. The van der Waals surface area contributed by atoms with E-state index in [4.69, 9.17) is 0 Å². The van der Waals surface area contributed by atoms with Gasteiger partial charge in [0, 0.05) is 36.5 Å². The first-order valence-corrected chi connectivity index (χ1v) is 11.0. The maximum absolute atomic E-state index is 13.9. The lowest BCUT2D eigenvalue weighted by atomic mass is 10.1. The molecule has 2 aromatic rings. The van der Waals surface area contributed by atoms with Crippen molar-refractivity contribution in [3.05, 3.63) is 62.8 Å². The third kappa shape index (κ3) is 4.06. The maximum atomic E-state index is 13.9. The number of amides is 2. The van der Waals surface area contributed by atoms with Gasteiger partial charge in [0.05, 0.1) is 5.78 Å². The van der Waals surface area contributed by atoms with Crippen molar-refractivity contribution >= 4 is 21.1 Å². The van der Waals surface area contributed by atoms with E-state index in [1.807, 2.05) is 6.92 Å². The average molecular weight is 482 g/mol. The highest BCUT2D eigenvalue weighted by Gasteiger charge is 2.38. The van der Waals surface area contributed by atoms with Gasteiger partial charge in [0.2, 0.25) is 5.43 Å². The molecule has 2 N–H and O–H groups in total. The minimum absolute atomic E-state index is 0.107. The van der Waals surface area contributed by atoms with E-state index < -0.39 is 58.1 Å². The standard InChI is InChI=1S/C21H22F3N4O4P/c1-10-3-2-4-16(33)28-9-26(10)21(32)17-19(30)18(29)13(8-27(17)28)20(31)25-7-12-14(23)5-11(22)6-15(12)24/h5-6,8,10,16,30H,2-4,7,9,33H2,1H3,(H,25,31)/t10-,16?/m0/s1. The van der Waals surface area contributed by atoms with Gasteiger partial charge in [-0.1, -0.05) is 0 Å². The molecule has 1 aromatic carbocycles. The van der Waals surface area contributed by atoms with Gasteiger partial charge in [-0.3, -0.25) is 24.1 Å². The predicted molar refractivity (Wildman–Crippen MR) is 116 cm³/mol. The highest BCUT2D eigenvalue weighted by Crippen LogP contribution is 2.30. The van der Waals surface area contributed by atoms with Crippen LogP contribution >= 0.6 is 9.24 Å². The van der Waals surface area contributed by atoms with Gasteiger partial charge in [-0.2, -0.15) is 0 Å². The van der Waals surface area contributed by atoms with Crippen molar-refractivity contribution in [2.24, 2.45) is 0 Å². The summed E-state index contributed by atoms with van der Waals surface area (Å²) in [6, 6.07) is 0.844. The molecule has 1 saturated heterocycles. The van der Waals surface area contributed by atoms with Crippen LogP contribution in [0.15, 0.2) is 23.1 Å². The number of pyridine rings is 1. The van der Waals surface area contributed by atoms with Crippen LogP contribution in [0.1, 0.15) is 52.6 Å². The number of halogens is 3. The first-order valence-electron chi connectivity index (χ1n) is 10.3. The number of carbonyl (C=O) groups excluding carboxylic acids is 2. The SMILES string of the molecule is C[C@H]1CCCC(P)N2CN1C(=O)c1c(O)c(=O)c(C(=O)NCc3c(F)cc(F)cc3F)cn12. The van der Waals surface area contributed by atoms with Gasteiger partial charge < -0.3 is 15.3 Å². The molecule has 4 rings (SSSR count). The zero-order chi connectivity index (χ0) is 24.0. The largest absolute Gasteiger partial charge is 0.502 e. The fraction of sp³-hybridized carbons (Fsp3) is 0.381. The minimum atomic E-state index is -1.19. The van der Waals surface area contributed by atoms with Gasteiger partial charge in [0.25, 0.3) is 11.8 Å². The van der Waals surface area contributed by atoms with Crippen LogP contribution in [-0.4, -0.2) is 45.0 Å². The fourth-order valence-corrected chi connectivity index (χ4v) is 4.59. The second-order valence-electron chi connectivity index (χ2n) is 8.15. The van der Waals surface area contributed by atoms with Gasteiger partial charge in [0.15, 0.2) is 11.4 Å². The monoisotopic (exact) mass is 482 g/mol. The van der Waals surface area contributed by atoms with Crippen LogP contribution in [0, 0.1) is 17.5 Å². The van der Waals surface area contributed by atoms with E-state index in [1.54, 1.807) is 9.91 Å². The van der Waals surface area contributed by atoms with Crippen molar-refractivity contribution in [3.63, 3.8) is 0 Å². The minimum Gasteiger partial charge on any atom is -0.502 e. The van der Waals surface area contributed by atoms with Crippen LogP contribution < -0.4 is 15.8 Å². The fourth-order valence-electron chi connectivity index (χ4n) is 4.11. The number of carbonyl (C=O) groups is 2. The first kappa shape index (κ1) is 23.1. The van der Waals surface area contributed by atoms with E-state index >= 15 is 0 Å². The summed E-state index contributed by atoms with van der Waals surface area (Å²) < 4.78 is 42.1. The van der Waals surface area contributed by atoms with E-state index in [1.165, 1.54) is 4.68 Å². The molecular formula is C21H22F3N4O4P. The number of nitrogens with zero attached hydrogens (tertiary/aromatic N) is 3. The number of nitrogens with one attached hydrogen (secondary N) is 1. The highest BCUT2D eigenvalue weighted by atomic mass is 31.0. The van der Waals surface area contributed by atoms with Crippen LogP contribution in [-0.2, 0) is 6.54 Å². The Bertz CT molecular complexity index is 1180. The van der Waals surface area contributed by atoms with Crippen LogP contribution in [0.4, 0.5) is 13.2 Å². The molecule has 3 atom stereocenters. The molecule has 33 heavy (non-hydrogen) atoms. The zero-order valence-corrected chi connectivity index (χ0v) is 18.8. The molecule has 0 radical (unpaired) electrons. The molecule has 1 fully saturated rings. The molecule has 3 heterocycles. The van der Waals surface area contributed by atoms with Crippen molar-refractivity contribution in [3.8, 4) is 5.75 Å². The Morgan fingerprint density at radius 2 is 1.88 bits per heavy atom. The van der Waals surface area contributed by atoms with Crippen molar-refractivity contribution < 1.29 is 27.9 Å². The molecule has 12 heteroatoms. The summed E-state index contributed by atoms with van der Waals surface area (Å²) in [7, 11) is 2.65. The predicted octanol–water partition coefficient (Wildman–Crippen LogP) is 2.03. The molecule has 0 spiro atoms. The van der Waals surface area contributed by atoms with E-state index in [2.05, 4.69) is 14.6 Å². The summed E-state index contributed by atoms with van der Waals surface area (Å²) in [5.74, 6) is -6.06. The Hall–Kier alpha value is -3.07. The molecule has 0 saturated carbocycles. The number of hydrogen-bond acceptors (Lipinski definition) is 5. The summed E-state index contributed by atoms with van der Waals surface area (Å²) in [5.41, 5.74) is -2.42. The summed E-state index contributed by atoms with van der Waals surface area (Å²) >= 11 is 0. The third-order valence-corrected chi connectivity index (χ3v) is 6.69. The number of aromatic nitrogens is 1. The van der Waals surface area contributed by atoms with Crippen molar-refractivity contribution in [1.82, 2.24) is 14.9 Å². The van der Waals surface area contributed by atoms with Crippen molar-refractivity contribution in [2.75, 3.05) is 11.7 Å². The van der Waals surface area contributed by atoms with Crippen LogP contribution in [0.3, 0.4) is 0 Å². The van der Waals surface area contributed by atoms with Gasteiger partial charge in [0.1, 0.15) is 29.7 Å². The first-order chi connectivity index (χ1) is 15.6. The third-order valence-electron chi connectivity index (χ3n) is 6.01. The van der Waals surface area contributed by atoms with Crippen LogP contribution in [0.2, 0.25) is 0 Å². The number of hydrogen-bond donors (Lipinski definition) is 2. The Balaban J connectivity index is 1.71. The number of benzene rings is 1. The Labute approximate surface area is 189 Å². The second kappa shape index (κ2) is 8.70. The van der Waals surface area contributed by atoms with Crippen molar-refractivity contribution in [1.29, 1.82) is 0 Å². The molecule has 2 unspecified atom stereocenters.